The summed E-state index contributed by atoms with van der Waals surface area (Å²) in [6.07, 6.45) is 5.01. The molecule has 4 rings (SSSR count). The van der Waals surface area contributed by atoms with E-state index < -0.39 is 0 Å². The molecule has 0 aliphatic carbocycles. The van der Waals surface area contributed by atoms with E-state index in [1.165, 1.54) is 5.56 Å². The molecule has 29 heavy (non-hydrogen) atoms. The number of nitrogens with zero attached hydrogens (tertiary/aromatic N) is 7. The molecule has 0 N–H and O–H groups in total. The van der Waals surface area contributed by atoms with Crippen LogP contribution in [0.2, 0.25) is 0 Å². The van der Waals surface area contributed by atoms with Gasteiger partial charge in [0.15, 0.2) is 0 Å². The highest BCUT2D eigenvalue weighted by atomic mass is 32.2. The Kier molecular flexibility index (Phi) is 5.95. The molecule has 3 aromatic heterocycles. The highest BCUT2D eigenvalue weighted by molar-refractivity contribution is 7.99. The van der Waals surface area contributed by atoms with Gasteiger partial charge in [0.05, 0.1) is 5.69 Å². The van der Waals surface area contributed by atoms with E-state index in [1.54, 1.807) is 28.8 Å². The van der Waals surface area contributed by atoms with Gasteiger partial charge in [-0.1, -0.05) is 42.9 Å². The predicted molar refractivity (Wildman–Crippen MR) is 110 cm³/mol. The molecule has 9 heteroatoms. The molecule has 8 nitrogen and oxygen atoms in total. The van der Waals surface area contributed by atoms with Crippen LogP contribution in [0, 0.1) is 0 Å². The van der Waals surface area contributed by atoms with Crippen LogP contribution in [0.25, 0.3) is 17.1 Å². The van der Waals surface area contributed by atoms with Crippen LogP contribution in [0.3, 0.4) is 0 Å². The molecule has 0 spiro atoms. The van der Waals surface area contributed by atoms with Crippen LogP contribution in [0.1, 0.15) is 37.6 Å². The SMILES string of the molecule is CC(C)c1ccc(-n2nnnc2SCCCc2nc(-c3cccnc3)no2)cc1. The topological polar surface area (TPSA) is 95.4 Å². The standard InChI is InChI=1S/C20H21N7OS/c1-14(2)15-7-9-17(10-8-15)27-20(23-25-26-27)29-12-4-6-18-22-19(24-28-18)16-5-3-11-21-13-16/h3,5,7-11,13-14H,4,6,12H2,1-2H3. The zero-order chi connectivity index (χ0) is 20.1. The third kappa shape index (κ3) is 4.68. The summed E-state index contributed by atoms with van der Waals surface area (Å²) in [5.41, 5.74) is 3.10. The van der Waals surface area contributed by atoms with Gasteiger partial charge in [0.1, 0.15) is 0 Å². The normalized spacial score (nSPS) is 11.3. The van der Waals surface area contributed by atoms with Crippen molar-refractivity contribution in [3.63, 3.8) is 0 Å². The number of thioether (sulfide) groups is 1. The van der Waals surface area contributed by atoms with Crippen molar-refractivity contribution in [1.29, 1.82) is 0 Å². The molecular formula is C20H21N7OS. The van der Waals surface area contributed by atoms with E-state index in [0.717, 1.165) is 28.6 Å². The largest absolute Gasteiger partial charge is 0.339 e. The van der Waals surface area contributed by atoms with E-state index in [2.05, 4.69) is 56.6 Å². The van der Waals surface area contributed by atoms with Crippen LogP contribution in [0.5, 0.6) is 0 Å². The number of hydrogen-bond donors (Lipinski definition) is 0. The van der Waals surface area contributed by atoms with Crippen LogP contribution in [-0.4, -0.2) is 41.1 Å². The average Bonchev–Trinajstić information content (AvgIpc) is 3.42. The highest BCUT2D eigenvalue weighted by Gasteiger charge is 2.11. The molecule has 148 valence electrons. The fourth-order valence-electron chi connectivity index (χ4n) is 2.79. The fraction of sp³-hybridized carbons (Fsp3) is 0.300. The lowest BCUT2D eigenvalue weighted by Crippen LogP contribution is -2.00. The van der Waals surface area contributed by atoms with Crippen molar-refractivity contribution < 1.29 is 4.52 Å². The molecule has 0 bridgehead atoms. The Morgan fingerprint density at radius 2 is 2.00 bits per heavy atom. The van der Waals surface area contributed by atoms with E-state index in [0.29, 0.717) is 24.1 Å². The summed E-state index contributed by atoms with van der Waals surface area (Å²) in [7, 11) is 0. The van der Waals surface area contributed by atoms with Crippen LogP contribution in [0.15, 0.2) is 58.5 Å². The maximum atomic E-state index is 5.34. The average molecular weight is 408 g/mol. The summed E-state index contributed by atoms with van der Waals surface area (Å²) in [5.74, 6) is 2.52. The van der Waals surface area contributed by atoms with E-state index in [4.69, 9.17) is 4.52 Å². The summed E-state index contributed by atoms with van der Waals surface area (Å²) in [6.45, 7) is 4.35. The molecular weight excluding hydrogens is 386 g/mol. The summed E-state index contributed by atoms with van der Waals surface area (Å²) in [5, 5.41) is 16.9. The first kappa shape index (κ1) is 19.3. The third-order valence-electron chi connectivity index (χ3n) is 4.40. The third-order valence-corrected chi connectivity index (χ3v) is 5.40. The number of rotatable bonds is 8. The van der Waals surface area contributed by atoms with Crippen LogP contribution < -0.4 is 0 Å². The van der Waals surface area contributed by atoms with Crippen molar-refractivity contribution in [3.05, 3.63) is 60.2 Å². The van der Waals surface area contributed by atoms with Gasteiger partial charge in [-0.25, -0.2) is 0 Å². The van der Waals surface area contributed by atoms with Gasteiger partial charge >= 0.3 is 0 Å². The van der Waals surface area contributed by atoms with Crippen molar-refractivity contribution in [3.8, 4) is 17.1 Å². The quantitative estimate of drug-likeness (QED) is 0.320. The Morgan fingerprint density at radius 3 is 2.76 bits per heavy atom. The molecule has 0 atom stereocenters. The molecule has 0 amide bonds. The van der Waals surface area contributed by atoms with Crippen molar-refractivity contribution in [2.24, 2.45) is 0 Å². The number of aryl methyl sites for hydroxylation is 1. The lowest BCUT2D eigenvalue weighted by atomic mass is 10.0. The first-order chi connectivity index (χ1) is 14.2. The minimum atomic E-state index is 0.495. The monoisotopic (exact) mass is 407 g/mol. The lowest BCUT2D eigenvalue weighted by Gasteiger charge is -2.07. The molecule has 0 saturated carbocycles. The van der Waals surface area contributed by atoms with Crippen LogP contribution in [-0.2, 0) is 6.42 Å². The zero-order valence-electron chi connectivity index (χ0n) is 16.3. The van der Waals surface area contributed by atoms with Crippen molar-refractivity contribution in [2.45, 2.75) is 37.8 Å². The number of hydrogen-bond acceptors (Lipinski definition) is 8. The molecule has 4 aromatic rings. The Hall–Kier alpha value is -3.07. The van der Waals surface area contributed by atoms with Gasteiger partial charge in [0, 0.05) is 30.1 Å². The van der Waals surface area contributed by atoms with Crippen molar-refractivity contribution >= 4 is 11.8 Å². The minimum Gasteiger partial charge on any atom is -0.339 e. The lowest BCUT2D eigenvalue weighted by molar-refractivity contribution is 0.378. The van der Waals surface area contributed by atoms with Gasteiger partial charge in [0.25, 0.3) is 0 Å². The zero-order valence-corrected chi connectivity index (χ0v) is 17.1. The fourth-order valence-corrected chi connectivity index (χ4v) is 3.62. The van der Waals surface area contributed by atoms with Gasteiger partial charge in [0.2, 0.25) is 16.9 Å². The summed E-state index contributed by atoms with van der Waals surface area (Å²) >= 11 is 1.61. The highest BCUT2D eigenvalue weighted by Crippen LogP contribution is 2.22. The Morgan fingerprint density at radius 1 is 1.14 bits per heavy atom. The molecule has 3 heterocycles. The number of aromatic nitrogens is 7. The maximum absolute atomic E-state index is 5.34. The van der Waals surface area contributed by atoms with Crippen molar-refractivity contribution in [1.82, 2.24) is 35.3 Å². The summed E-state index contributed by atoms with van der Waals surface area (Å²) < 4.78 is 7.10. The second kappa shape index (κ2) is 8.95. The van der Waals surface area contributed by atoms with E-state index in [9.17, 15) is 0 Å². The van der Waals surface area contributed by atoms with E-state index in [1.807, 2.05) is 24.3 Å². The smallest absolute Gasteiger partial charge is 0.226 e. The molecule has 0 fully saturated rings. The Labute approximate surface area is 172 Å². The van der Waals surface area contributed by atoms with Crippen LogP contribution >= 0.6 is 11.8 Å². The van der Waals surface area contributed by atoms with Gasteiger partial charge in [-0.3, -0.25) is 4.98 Å². The van der Waals surface area contributed by atoms with E-state index >= 15 is 0 Å². The van der Waals surface area contributed by atoms with E-state index in [-0.39, 0.29) is 0 Å². The molecule has 1 aromatic carbocycles. The van der Waals surface area contributed by atoms with Gasteiger partial charge in [-0.2, -0.15) is 9.67 Å². The number of pyridine rings is 1. The second-order valence-corrected chi connectivity index (χ2v) is 7.89. The van der Waals surface area contributed by atoms with Gasteiger partial charge < -0.3 is 4.52 Å². The van der Waals surface area contributed by atoms with Crippen LogP contribution in [0.4, 0.5) is 0 Å². The Balaban J connectivity index is 1.32. The molecule has 0 aliphatic rings. The summed E-state index contributed by atoms with van der Waals surface area (Å²) in [4.78, 5) is 8.50. The maximum Gasteiger partial charge on any atom is 0.226 e. The Bertz CT molecular complexity index is 1040. The molecule has 0 saturated heterocycles. The molecule has 0 unspecified atom stereocenters. The second-order valence-electron chi connectivity index (χ2n) is 6.82. The number of tetrazole rings is 1. The summed E-state index contributed by atoms with van der Waals surface area (Å²) in [6, 6.07) is 12.1. The number of benzene rings is 1. The minimum absolute atomic E-state index is 0.495. The van der Waals surface area contributed by atoms with Gasteiger partial charge in [-0.15, -0.1) is 5.10 Å². The first-order valence-corrected chi connectivity index (χ1v) is 10.4. The van der Waals surface area contributed by atoms with Gasteiger partial charge in [-0.05, 0) is 52.6 Å². The molecule has 0 aliphatic heterocycles. The first-order valence-electron chi connectivity index (χ1n) is 9.45. The van der Waals surface area contributed by atoms with Crippen molar-refractivity contribution in [2.75, 3.05) is 5.75 Å². The predicted octanol–water partition coefficient (Wildman–Crippen LogP) is 3.96. The molecule has 0 radical (unpaired) electrons.